The smallest absolute Gasteiger partial charge is 0.244 e. The van der Waals surface area contributed by atoms with Crippen LogP contribution in [0.5, 0.6) is 0 Å². The summed E-state index contributed by atoms with van der Waals surface area (Å²) in [5.74, 6) is 0.312. The van der Waals surface area contributed by atoms with Crippen LogP contribution >= 0.6 is 11.8 Å². The van der Waals surface area contributed by atoms with Gasteiger partial charge in [-0.1, -0.05) is 11.8 Å². The van der Waals surface area contributed by atoms with Crippen molar-refractivity contribution >= 4 is 27.7 Å². The van der Waals surface area contributed by atoms with Gasteiger partial charge in [0.25, 0.3) is 0 Å². The molecule has 0 aromatic carbocycles. The van der Waals surface area contributed by atoms with Gasteiger partial charge in [0.05, 0.1) is 36.7 Å². The van der Waals surface area contributed by atoms with Crippen molar-refractivity contribution in [3.8, 4) is 0 Å². The molecule has 0 aliphatic carbocycles. The van der Waals surface area contributed by atoms with Crippen molar-refractivity contribution in [3.05, 3.63) is 18.3 Å². The fourth-order valence-electron chi connectivity index (χ4n) is 2.81. The number of carbonyl (C=O) groups excluding carboxylic acids is 1. The number of amides is 1. The van der Waals surface area contributed by atoms with Crippen molar-refractivity contribution in [2.45, 2.75) is 22.9 Å². The highest BCUT2D eigenvalue weighted by atomic mass is 32.2. The second-order valence-electron chi connectivity index (χ2n) is 6.16. The van der Waals surface area contributed by atoms with Crippen LogP contribution in [-0.2, 0) is 24.3 Å². The molecule has 3 heterocycles. The molecule has 1 aromatic rings. The molecule has 2 aliphatic rings. The van der Waals surface area contributed by atoms with E-state index in [9.17, 15) is 13.2 Å². The average Bonchev–Trinajstić information content (AvgIpc) is 2.67. The number of aromatic nitrogens is 1. The third kappa shape index (κ3) is 4.74. The van der Waals surface area contributed by atoms with Crippen LogP contribution in [0, 0.1) is 0 Å². The van der Waals surface area contributed by atoms with Crippen LogP contribution in [0.4, 0.5) is 0 Å². The Labute approximate surface area is 157 Å². The fraction of sp³-hybridized carbons (Fsp3) is 0.625. The number of thioether (sulfide) groups is 1. The van der Waals surface area contributed by atoms with Gasteiger partial charge in [-0.2, -0.15) is 4.31 Å². The number of nitrogens with zero attached hydrogens (tertiary/aromatic N) is 3. The van der Waals surface area contributed by atoms with Gasteiger partial charge in [-0.05, 0) is 19.1 Å². The molecule has 0 radical (unpaired) electrons. The molecule has 144 valence electrons. The largest absolute Gasteiger partial charge is 0.379 e. The van der Waals surface area contributed by atoms with E-state index in [1.165, 1.54) is 22.3 Å². The maximum atomic E-state index is 12.6. The quantitative estimate of drug-likeness (QED) is 0.662. The molecule has 0 N–H and O–H groups in total. The lowest BCUT2D eigenvalue weighted by molar-refractivity contribution is -0.135. The molecule has 2 fully saturated rings. The Kier molecular flexibility index (Phi) is 6.51. The number of morpholine rings is 2. The van der Waals surface area contributed by atoms with E-state index in [0.29, 0.717) is 51.0 Å². The third-order valence-corrected chi connectivity index (χ3v) is 7.07. The molecular formula is C16H23N3O5S2. The molecule has 1 aromatic heterocycles. The molecule has 1 unspecified atom stereocenters. The van der Waals surface area contributed by atoms with Gasteiger partial charge in [0.1, 0.15) is 4.90 Å². The summed E-state index contributed by atoms with van der Waals surface area (Å²) in [4.78, 5) is 18.4. The minimum atomic E-state index is -3.54. The van der Waals surface area contributed by atoms with Crippen molar-refractivity contribution in [1.29, 1.82) is 0 Å². The zero-order valence-electron chi connectivity index (χ0n) is 14.7. The minimum Gasteiger partial charge on any atom is -0.379 e. The van der Waals surface area contributed by atoms with Gasteiger partial charge < -0.3 is 14.4 Å². The van der Waals surface area contributed by atoms with Crippen LogP contribution in [0.25, 0.3) is 0 Å². The normalized spacial score (nSPS) is 22.3. The van der Waals surface area contributed by atoms with E-state index in [1.807, 2.05) is 6.92 Å². The second kappa shape index (κ2) is 8.66. The van der Waals surface area contributed by atoms with E-state index in [-0.39, 0.29) is 22.7 Å². The lowest BCUT2D eigenvalue weighted by Gasteiger charge is -2.31. The number of pyridine rings is 1. The monoisotopic (exact) mass is 401 g/mol. The lowest BCUT2D eigenvalue weighted by Crippen LogP contribution is -2.45. The molecular weight excluding hydrogens is 378 g/mol. The molecule has 2 aliphatic heterocycles. The van der Waals surface area contributed by atoms with Crippen molar-refractivity contribution in [1.82, 2.24) is 14.2 Å². The molecule has 8 nitrogen and oxygen atoms in total. The summed E-state index contributed by atoms with van der Waals surface area (Å²) in [6, 6.07) is 3.19. The Balaban J connectivity index is 1.56. The zero-order valence-corrected chi connectivity index (χ0v) is 16.3. The highest BCUT2D eigenvalue weighted by Gasteiger charge is 2.26. The van der Waals surface area contributed by atoms with Crippen LogP contribution < -0.4 is 0 Å². The molecule has 3 rings (SSSR count). The average molecular weight is 402 g/mol. The van der Waals surface area contributed by atoms with E-state index >= 15 is 0 Å². The highest BCUT2D eigenvalue weighted by molar-refractivity contribution is 7.99. The zero-order chi connectivity index (χ0) is 18.6. The number of rotatable bonds is 5. The van der Waals surface area contributed by atoms with Gasteiger partial charge in [-0.3, -0.25) is 4.79 Å². The van der Waals surface area contributed by atoms with Crippen LogP contribution in [-0.4, -0.2) is 86.4 Å². The Morgan fingerprint density at radius 1 is 1.27 bits per heavy atom. The van der Waals surface area contributed by atoms with Crippen LogP contribution in [0.3, 0.4) is 0 Å². The molecule has 1 amide bonds. The van der Waals surface area contributed by atoms with Gasteiger partial charge in [0.2, 0.25) is 15.9 Å². The van der Waals surface area contributed by atoms with Crippen LogP contribution in [0.1, 0.15) is 6.92 Å². The van der Waals surface area contributed by atoms with Gasteiger partial charge in [0.15, 0.2) is 0 Å². The van der Waals surface area contributed by atoms with Gasteiger partial charge in [0, 0.05) is 32.4 Å². The second-order valence-corrected chi connectivity index (χ2v) is 9.09. The van der Waals surface area contributed by atoms with Crippen LogP contribution in [0.2, 0.25) is 0 Å². The van der Waals surface area contributed by atoms with Gasteiger partial charge in [-0.15, -0.1) is 0 Å². The highest BCUT2D eigenvalue weighted by Crippen LogP contribution is 2.21. The lowest BCUT2D eigenvalue weighted by atomic mass is 10.3. The number of ether oxygens (including phenoxy) is 2. The molecule has 26 heavy (non-hydrogen) atoms. The first kappa shape index (κ1) is 19.6. The van der Waals surface area contributed by atoms with Crippen molar-refractivity contribution in [2.24, 2.45) is 0 Å². The number of hydrogen-bond acceptors (Lipinski definition) is 7. The predicted octanol–water partition coefficient (Wildman–Crippen LogP) is 0.442. The minimum absolute atomic E-state index is 0.0389. The van der Waals surface area contributed by atoms with Crippen molar-refractivity contribution < 1.29 is 22.7 Å². The maximum Gasteiger partial charge on any atom is 0.244 e. The summed E-state index contributed by atoms with van der Waals surface area (Å²) in [5, 5.41) is 0.626. The summed E-state index contributed by atoms with van der Waals surface area (Å²) in [7, 11) is -3.54. The molecule has 10 heteroatoms. The standard InChI is InChI=1S/C16H23N3O5S2/c1-13-11-18(4-9-24-13)16(20)12-25-15-3-2-14(10-17-15)26(21,22)19-5-7-23-8-6-19/h2-3,10,13H,4-9,11-12H2,1H3. The summed E-state index contributed by atoms with van der Waals surface area (Å²) in [5.41, 5.74) is 0. The third-order valence-electron chi connectivity index (χ3n) is 4.25. The topological polar surface area (TPSA) is 89.0 Å². The Bertz CT molecular complexity index is 720. The van der Waals surface area contributed by atoms with E-state index in [2.05, 4.69) is 4.98 Å². The van der Waals surface area contributed by atoms with E-state index in [4.69, 9.17) is 9.47 Å². The number of hydrogen-bond donors (Lipinski definition) is 0. The molecule has 1 atom stereocenters. The first-order valence-electron chi connectivity index (χ1n) is 8.53. The van der Waals surface area contributed by atoms with E-state index in [1.54, 1.807) is 17.0 Å². The molecule has 0 spiro atoms. The summed E-state index contributed by atoms with van der Waals surface area (Å²) in [6.45, 7) is 5.23. The first-order valence-corrected chi connectivity index (χ1v) is 11.0. The number of sulfonamides is 1. The van der Waals surface area contributed by atoms with E-state index < -0.39 is 10.0 Å². The SMILES string of the molecule is CC1CN(C(=O)CSc2ccc(S(=O)(=O)N3CCOCC3)cn2)CCO1. The summed E-state index contributed by atoms with van der Waals surface area (Å²) < 4.78 is 37.1. The molecule has 0 saturated carbocycles. The fourth-order valence-corrected chi connectivity index (χ4v) is 4.91. The summed E-state index contributed by atoms with van der Waals surface area (Å²) >= 11 is 1.31. The van der Waals surface area contributed by atoms with E-state index in [0.717, 1.165) is 0 Å². The predicted molar refractivity (Wildman–Crippen MR) is 96.5 cm³/mol. The Morgan fingerprint density at radius 2 is 2.04 bits per heavy atom. The maximum absolute atomic E-state index is 12.6. The van der Waals surface area contributed by atoms with Crippen molar-refractivity contribution in [2.75, 3.05) is 51.8 Å². The first-order chi connectivity index (χ1) is 12.5. The van der Waals surface area contributed by atoms with Crippen molar-refractivity contribution in [3.63, 3.8) is 0 Å². The molecule has 0 bridgehead atoms. The molecule has 2 saturated heterocycles. The van der Waals surface area contributed by atoms with Crippen LogP contribution in [0.15, 0.2) is 28.3 Å². The Hall–Kier alpha value is -1.20. The summed E-state index contributed by atoms with van der Waals surface area (Å²) in [6.07, 6.45) is 1.41. The van der Waals surface area contributed by atoms with Gasteiger partial charge in [-0.25, -0.2) is 13.4 Å². The number of carbonyl (C=O) groups is 1. The van der Waals surface area contributed by atoms with Gasteiger partial charge >= 0.3 is 0 Å². The Morgan fingerprint density at radius 3 is 2.69 bits per heavy atom.